The zero-order valence-electron chi connectivity index (χ0n) is 11.7. The van der Waals surface area contributed by atoms with Crippen LogP contribution in [-0.4, -0.2) is 18.0 Å². The number of rotatable bonds is 6. The molecule has 0 unspecified atom stereocenters. The SMILES string of the molecule is CCOc1cccc(CNc2ccccc2SC)c1O. The molecule has 20 heavy (non-hydrogen) atoms. The third kappa shape index (κ3) is 3.39. The van der Waals surface area contributed by atoms with Crippen molar-refractivity contribution in [2.24, 2.45) is 0 Å². The van der Waals surface area contributed by atoms with Gasteiger partial charge in [-0.05, 0) is 31.4 Å². The predicted octanol–water partition coefficient (Wildman–Crippen LogP) is 4.12. The van der Waals surface area contributed by atoms with Crippen molar-refractivity contribution < 1.29 is 9.84 Å². The van der Waals surface area contributed by atoms with Gasteiger partial charge in [-0.3, -0.25) is 0 Å². The number of phenolic OH excluding ortho intramolecular Hbond substituents is 1. The third-order valence-electron chi connectivity index (χ3n) is 2.96. The molecule has 0 radical (unpaired) electrons. The molecule has 4 heteroatoms. The van der Waals surface area contributed by atoms with Crippen LogP contribution in [0.15, 0.2) is 47.4 Å². The summed E-state index contributed by atoms with van der Waals surface area (Å²) in [6, 6.07) is 13.7. The largest absolute Gasteiger partial charge is 0.504 e. The van der Waals surface area contributed by atoms with E-state index in [-0.39, 0.29) is 5.75 Å². The minimum absolute atomic E-state index is 0.212. The smallest absolute Gasteiger partial charge is 0.162 e. The van der Waals surface area contributed by atoms with Crippen molar-refractivity contribution >= 4 is 17.4 Å². The van der Waals surface area contributed by atoms with E-state index < -0.39 is 0 Å². The van der Waals surface area contributed by atoms with Crippen LogP contribution in [0.4, 0.5) is 5.69 Å². The molecular weight excluding hydrogens is 270 g/mol. The second kappa shape index (κ2) is 7.10. The molecule has 0 aliphatic heterocycles. The summed E-state index contributed by atoms with van der Waals surface area (Å²) in [6.07, 6.45) is 2.05. The van der Waals surface area contributed by atoms with Gasteiger partial charge in [-0.15, -0.1) is 11.8 Å². The highest BCUT2D eigenvalue weighted by atomic mass is 32.2. The Hall–Kier alpha value is -1.81. The average molecular weight is 289 g/mol. The van der Waals surface area contributed by atoms with Gasteiger partial charge in [-0.1, -0.05) is 24.3 Å². The van der Waals surface area contributed by atoms with E-state index in [4.69, 9.17) is 4.74 Å². The lowest BCUT2D eigenvalue weighted by Crippen LogP contribution is -2.02. The summed E-state index contributed by atoms with van der Waals surface area (Å²) < 4.78 is 5.39. The van der Waals surface area contributed by atoms with Gasteiger partial charge in [0.2, 0.25) is 0 Å². The molecule has 0 aliphatic carbocycles. The van der Waals surface area contributed by atoms with Crippen LogP contribution in [0, 0.1) is 0 Å². The highest BCUT2D eigenvalue weighted by Crippen LogP contribution is 2.31. The topological polar surface area (TPSA) is 41.5 Å². The molecule has 0 heterocycles. The Morgan fingerprint density at radius 1 is 1.15 bits per heavy atom. The Bertz CT molecular complexity index is 572. The first-order valence-corrected chi connectivity index (χ1v) is 7.79. The minimum Gasteiger partial charge on any atom is -0.504 e. The maximum atomic E-state index is 10.2. The van der Waals surface area contributed by atoms with E-state index in [2.05, 4.69) is 11.4 Å². The van der Waals surface area contributed by atoms with Crippen molar-refractivity contribution in [3.63, 3.8) is 0 Å². The van der Waals surface area contributed by atoms with Crippen LogP contribution in [0.2, 0.25) is 0 Å². The first kappa shape index (κ1) is 14.6. The van der Waals surface area contributed by atoms with E-state index in [0.717, 1.165) is 11.3 Å². The molecule has 2 aromatic carbocycles. The summed E-state index contributed by atoms with van der Waals surface area (Å²) in [7, 11) is 0. The molecule has 0 aromatic heterocycles. The van der Waals surface area contributed by atoms with Crippen LogP contribution < -0.4 is 10.1 Å². The van der Waals surface area contributed by atoms with Crippen LogP contribution >= 0.6 is 11.8 Å². The maximum Gasteiger partial charge on any atom is 0.162 e. The Morgan fingerprint density at radius 3 is 2.70 bits per heavy atom. The molecule has 0 amide bonds. The number of aromatic hydroxyl groups is 1. The second-order valence-corrected chi connectivity index (χ2v) is 5.10. The summed E-state index contributed by atoms with van der Waals surface area (Å²) in [4.78, 5) is 1.19. The van der Waals surface area contributed by atoms with Gasteiger partial charge in [-0.25, -0.2) is 0 Å². The molecular formula is C16H19NO2S. The van der Waals surface area contributed by atoms with Crippen LogP contribution in [0.3, 0.4) is 0 Å². The first-order chi connectivity index (χ1) is 9.76. The highest BCUT2D eigenvalue weighted by molar-refractivity contribution is 7.98. The van der Waals surface area contributed by atoms with E-state index in [0.29, 0.717) is 18.9 Å². The second-order valence-electron chi connectivity index (χ2n) is 4.25. The summed E-state index contributed by atoms with van der Waals surface area (Å²) in [5.41, 5.74) is 1.90. The van der Waals surface area contributed by atoms with Crippen molar-refractivity contribution in [1.82, 2.24) is 0 Å². The van der Waals surface area contributed by atoms with Crippen LogP contribution in [-0.2, 0) is 6.54 Å². The predicted molar refractivity (Wildman–Crippen MR) is 84.8 cm³/mol. The monoisotopic (exact) mass is 289 g/mol. The number of para-hydroxylation sites is 2. The summed E-state index contributed by atoms with van der Waals surface area (Å²) in [5.74, 6) is 0.744. The zero-order valence-corrected chi connectivity index (χ0v) is 12.5. The van der Waals surface area contributed by atoms with E-state index in [1.165, 1.54) is 4.90 Å². The molecule has 2 N–H and O–H groups in total. The lowest BCUT2D eigenvalue weighted by Gasteiger charge is -2.13. The fourth-order valence-electron chi connectivity index (χ4n) is 1.96. The molecule has 106 valence electrons. The lowest BCUT2D eigenvalue weighted by atomic mass is 10.2. The van der Waals surface area contributed by atoms with Crippen LogP contribution in [0.1, 0.15) is 12.5 Å². The van der Waals surface area contributed by atoms with E-state index in [1.54, 1.807) is 17.8 Å². The number of ether oxygens (including phenoxy) is 1. The molecule has 0 atom stereocenters. The minimum atomic E-state index is 0.212. The Kier molecular flexibility index (Phi) is 5.18. The fraction of sp³-hybridized carbons (Fsp3) is 0.250. The quantitative estimate of drug-likeness (QED) is 0.785. The molecule has 0 bridgehead atoms. The molecule has 3 nitrogen and oxygen atoms in total. The van der Waals surface area contributed by atoms with Gasteiger partial charge in [0.1, 0.15) is 0 Å². The first-order valence-electron chi connectivity index (χ1n) is 6.56. The molecule has 2 aromatic rings. The highest BCUT2D eigenvalue weighted by Gasteiger charge is 2.08. The van der Waals surface area contributed by atoms with Gasteiger partial charge < -0.3 is 15.2 Å². The van der Waals surface area contributed by atoms with E-state index in [9.17, 15) is 5.11 Å². The van der Waals surface area contributed by atoms with Crippen molar-refractivity contribution in [3.05, 3.63) is 48.0 Å². The van der Waals surface area contributed by atoms with Crippen molar-refractivity contribution in [3.8, 4) is 11.5 Å². The Balaban J connectivity index is 2.13. The molecule has 0 saturated heterocycles. The van der Waals surface area contributed by atoms with Crippen molar-refractivity contribution in [2.45, 2.75) is 18.4 Å². The summed E-state index contributed by atoms with van der Waals surface area (Å²) in [6.45, 7) is 3.00. The molecule has 0 fully saturated rings. The Labute approximate surface area is 124 Å². The standard InChI is InChI=1S/C16H19NO2S/c1-3-19-14-9-6-7-12(16(14)18)11-17-13-8-4-5-10-15(13)20-2/h4-10,17-18H,3,11H2,1-2H3. The molecule has 0 aliphatic rings. The van der Waals surface area contributed by atoms with Crippen LogP contribution in [0.25, 0.3) is 0 Å². The van der Waals surface area contributed by atoms with Crippen molar-refractivity contribution in [1.29, 1.82) is 0 Å². The lowest BCUT2D eigenvalue weighted by molar-refractivity contribution is 0.317. The average Bonchev–Trinajstić information content (AvgIpc) is 2.48. The van der Waals surface area contributed by atoms with E-state index in [1.807, 2.05) is 43.5 Å². The number of thioether (sulfide) groups is 1. The Morgan fingerprint density at radius 2 is 1.95 bits per heavy atom. The number of nitrogens with one attached hydrogen (secondary N) is 1. The van der Waals surface area contributed by atoms with Gasteiger partial charge in [0.15, 0.2) is 11.5 Å². The normalized spacial score (nSPS) is 10.3. The fourth-order valence-corrected chi connectivity index (χ4v) is 2.54. The van der Waals surface area contributed by atoms with Crippen LogP contribution in [0.5, 0.6) is 11.5 Å². The summed E-state index contributed by atoms with van der Waals surface area (Å²) in [5, 5.41) is 13.5. The van der Waals surface area contributed by atoms with E-state index >= 15 is 0 Å². The number of anilines is 1. The molecule has 0 spiro atoms. The van der Waals surface area contributed by atoms with Crippen molar-refractivity contribution in [2.75, 3.05) is 18.2 Å². The number of hydrogen-bond donors (Lipinski definition) is 2. The van der Waals surface area contributed by atoms with Gasteiger partial charge in [0, 0.05) is 22.7 Å². The zero-order chi connectivity index (χ0) is 14.4. The van der Waals surface area contributed by atoms with Gasteiger partial charge in [0.25, 0.3) is 0 Å². The number of phenols is 1. The van der Waals surface area contributed by atoms with Gasteiger partial charge >= 0.3 is 0 Å². The third-order valence-corrected chi connectivity index (χ3v) is 3.75. The molecule has 0 saturated carbocycles. The van der Waals surface area contributed by atoms with Gasteiger partial charge in [-0.2, -0.15) is 0 Å². The number of benzene rings is 2. The number of hydrogen-bond acceptors (Lipinski definition) is 4. The summed E-state index contributed by atoms with van der Waals surface area (Å²) >= 11 is 1.70. The molecule has 2 rings (SSSR count). The maximum absolute atomic E-state index is 10.2. The van der Waals surface area contributed by atoms with Gasteiger partial charge in [0.05, 0.1) is 6.61 Å².